The Labute approximate surface area is 134 Å². The highest BCUT2D eigenvalue weighted by Crippen LogP contribution is 2.35. The van der Waals surface area contributed by atoms with Gasteiger partial charge in [-0.15, -0.1) is 0 Å². The lowest BCUT2D eigenvalue weighted by molar-refractivity contribution is -0.132. The van der Waals surface area contributed by atoms with Gasteiger partial charge in [-0.2, -0.15) is 4.98 Å². The Morgan fingerprint density at radius 2 is 2.00 bits per heavy atom. The SMILES string of the molecule is COc1ccc(CC(=O)N2Cc3c(N)nc(N)nc3C2C)cc1. The summed E-state index contributed by atoms with van der Waals surface area (Å²) in [7, 11) is 1.61. The van der Waals surface area contributed by atoms with Gasteiger partial charge in [-0.25, -0.2) is 4.98 Å². The lowest BCUT2D eigenvalue weighted by Crippen LogP contribution is -2.29. The van der Waals surface area contributed by atoms with Gasteiger partial charge in [0.15, 0.2) is 0 Å². The molecular weight excluding hydrogens is 294 g/mol. The van der Waals surface area contributed by atoms with Crippen LogP contribution in [0.2, 0.25) is 0 Å². The van der Waals surface area contributed by atoms with E-state index in [1.807, 2.05) is 31.2 Å². The quantitative estimate of drug-likeness (QED) is 0.884. The Morgan fingerprint density at radius 3 is 2.65 bits per heavy atom. The number of anilines is 2. The Bertz CT molecular complexity index is 745. The number of methoxy groups -OCH3 is 1. The van der Waals surface area contributed by atoms with E-state index in [0.29, 0.717) is 18.8 Å². The third-order valence-electron chi connectivity index (χ3n) is 4.11. The molecule has 1 atom stereocenters. The average Bonchev–Trinajstić information content (AvgIpc) is 2.86. The van der Waals surface area contributed by atoms with Crippen LogP contribution in [0.1, 0.15) is 29.8 Å². The highest BCUT2D eigenvalue weighted by Gasteiger charge is 2.33. The van der Waals surface area contributed by atoms with Crippen molar-refractivity contribution >= 4 is 17.7 Å². The first-order valence-electron chi connectivity index (χ1n) is 7.33. The van der Waals surface area contributed by atoms with Gasteiger partial charge in [0.1, 0.15) is 11.6 Å². The number of nitrogens with two attached hydrogens (primary N) is 2. The van der Waals surface area contributed by atoms with Crippen LogP contribution in [0.25, 0.3) is 0 Å². The van der Waals surface area contributed by atoms with E-state index in [4.69, 9.17) is 16.2 Å². The third kappa shape index (κ3) is 2.77. The fourth-order valence-corrected chi connectivity index (χ4v) is 2.82. The van der Waals surface area contributed by atoms with Crippen LogP contribution in [-0.2, 0) is 17.8 Å². The van der Waals surface area contributed by atoms with E-state index in [0.717, 1.165) is 22.6 Å². The zero-order valence-electron chi connectivity index (χ0n) is 13.1. The van der Waals surface area contributed by atoms with E-state index in [2.05, 4.69) is 9.97 Å². The molecule has 7 heteroatoms. The maximum Gasteiger partial charge on any atom is 0.227 e. The number of hydrogen-bond donors (Lipinski definition) is 2. The zero-order chi connectivity index (χ0) is 16.6. The third-order valence-corrected chi connectivity index (χ3v) is 4.11. The number of amides is 1. The highest BCUT2D eigenvalue weighted by molar-refractivity contribution is 5.80. The number of fused-ring (bicyclic) bond motifs is 1. The number of carbonyl (C=O) groups is 1. The lowest BCUT2D eigenvalue weighted by atomic mass is 10.1. The van der Waals surface area contributed by atoms with Gasteiger partial charge in [0.25, 0.3) is 0 Å². The van der Waals surface area contributed by atoms with Crippen LogP contribution in [0.4, 0.5) is 11.8 Å². The molecule has 0 aliphatic carbocycles. The molecule has 1 aromatic carbocycles. The first kappa shape index (κ1) is 15.1. The molecule has 0 bridgehead atoms. The van der Waals surface area contributed by atoms with Crippen LogP contribution >= 0.6 is 0 Å². The van der Waals surface area contributed by atoms with Gasteiger partial charge in [0.2, 0.25) is 11.9 Å². The van der Waals surface area contributed by atoms with Crippen LogP contribution in [0.3, 0.4) is 0 Å². The normalized spacial score (nSPS) is 16.3. The molecule has 2 aromatic rings. The van der Waals surface area contributed by atoms with E-state index in [-0.39, 0.29) is 17.9 Å². The van der Waals surface area contributed by atoms with Crippen molar-refractivity contribution in [3.05, 3.63) is 41.1 Å². The van der Waals surface area contributed by atoms with Crippen molar-refractivity contribution in [2.24, 2.45) is 0 Å². The fourth-order valence-electron chi connectivity index (χ4n) is 2.82. The predicted octanol–water partition coefficient (Wildman–Crippen LogP) is 1.30. The second-order valence-corrected chi connectivity index (χ2v) is 5.55. The van der Waals surface area contributed by atoms with Crippen LogP contribution in [-0.4, -0.2) is 27.9 Å². The summed E-state index contributed by atoms with van der Waals surface area (Å²) in [5, 5.41) is 0. The molecular formula is C16H19N5O2. The lowest BCUT2D eigenvalue weighted by Gasteiger charge is -2.21. The molecule has 1 aliphatic rings. The number of rotatable bonds is 3. The second kappa shape index (κ2) is 5.75. The first-order chi connectivity index (χ1) is 11.0. The molecule has 0 fully saturated rings. The number of carbonyl (C=O) groups excluding carboxylic acids is 1. The van der Waals surface area contributed by atoms with Gasteiger partial charge in [0.05, 0.1) is 31.8 Å². The van der Waals surface area contributed by atoms with E-state index in [9.17, 15) is 4.79 Å². The summed E-state index contributed by atoms with van der Waals surface area (Å²) >= 11 is 0. The van der Waals surface area contributed by atoms with Crippen molar-refractivity contribution in [2.45, 2.75) is 25.9 Å². The number of nitrogens with zero attached hydrogens (tertiary/aromatic N) is 3. The summed E-state index contributed by atoms with van der Waals surface area (Å²) in [4.78, 5) is 22.6. The highest BCUT2D eigenvalue weighted by atomic mass is 16.5. The fraction of sp³-hybridized carbons (Fsp3) is 0.312. The molecule has 1 amide bonds. The maximum atomic E-state index is 12.6. The largest absolute Gasteiger partial charge is 0.497 e. The van der Waals surface area contributed by atoms with Gasteiger partial charge in [-0.05, 0) is 24.6 Å². The van der Waals surface area contributed by atoms with Gasteiger partial charge in [-0.1, -0.05) is 12.1 Å². The minimum absolute atomic E-state index is 0.0126. The molecule has 2 heterocycles. The van der Waals surface area contributed by atoms with Crippen LogP contribution < -0.4 is 16.2 Å². The molecule has 0 spiro atoms. The summed E-state index contributed by atoms with van der Waals surface area (Å²) in [6.45, 7) is 2.33. The molecule has 0 saturated heterocycles. The van der Waals surface area contributed by atoms with E-state index >= 15 is 0 Å². The standard InChI is InChI=1S/C16H19N5O2/c1-9-14-12(15(17)20-16(18)19-14)8-21(9)13(22)7-10-3-5-11(23-2)6-4-10/h3-6,9H,7-8H2,1-2H3,(H4,17,18,19,20). The zero-order valence-corrected chi connectivity index (χ0v) is 13.1. The van der Waals surface area contributed by atoms with Crippen molar-refractivity contribution < 1.29 is 9.53 Å². The van der Waals surface area contributed by atoms with E-state index in [1.165, 1.54) is 0 Å². The maximum absolute atomic E-state index is 12.6. The van der Waals surface area contributed by atoms with Crippen LogP contribution in [0.15, 0.2) is 24.3 Å². The summed E-state index contributed by atoms with van der Waals surface area (Å²) in [6, 6.07) is 7.29. The molecule has 4 N–H and O–H groups in total. The Hall–Kier alpha value is -2.83. The number of nitrogen functional groups attached to an aromatic ring is 2. The minimum atomic E-state index is -0.164. The molecule has 23 heavy (non-hydrogen) atoms. The Kier molecular flexibility index (Phi) is 3.77. The molecule has 7 nitrogen and oxygen atoms in total. The van der Waals surface area contributed by atoms with Crippen molar-refractivity contribution in [1.82, 2.24) is 14.9 Å². The Balaban J connectivity index is 1.77. The minimum Gasteiger partial charge on any atom is -0.497 e. The van der Waals surface area contributed by atoms with Crippen molar-refractivity contribution in [3.63, 3.8) is 0 Å². The van der Waals surface area contributed by atoms with Crippen molar-refractivity contribution in [1.29, 1.82) is 0 Å². The van der Waals surface area contributed by atoms with Crippen molar-refractivity contribution in [2.75, 3.05) is 18.6 Å². The molecule has 1 aliphatic heterocycles. The first-order valence-corrected chi connectivity index (χ1v) is 7.33. The molecule has 120 valence electrons. The monoisotopic (exact) mass is 313 g/mol. The number of ether oxygens (including phenoxy) is 1. The molecule has 3 rings (SSSR count). The van der Waals surface area contributed by atoms with Gasteiger partial charge >= 0.3 is 0 Å². The average molecular weight is 313 g/mol. The van der Waals surface area contributed by atoms with E-state index < -0.39 is 0 Å². The predicted molar refractivity (Wildman–Crippen MR) is 86.5 cm³/mol. The van der Waals surface area contributed by atoms with E-state index in [1.54, 1.807) is 12.0 Å². The number of benzene rings is 1. The topological polar surface area (TPSA) is 107 Å². The van der Waals surface area contributed by atoms with Crippen LogP contribution in [0.5, 0.6) is 5.75 Å². The number of hydrogen-bond acceptors (Lipinski definition) is 6. The summed E-state index contributed by atoms with van der Waals surface area (Å²) in [6.07, 6.45) is 0.311. The van der Waals surface area contributed by atoms with Crippen LogP contribution in [0, 0.1) is 0 Å². The smallest absolute Gasteiger partial charge is 0.227 e. The van der Waals surface area contributed by atoms with Gasteiger partial charge < -0.3 is 21.1 Å². The van der Waals surface area contributed by atoms with Gasteiger partial charge in [-0.3, -0.25) is 4.79 Å². The molecule has 1 aromatic heterocycles. The molecule has 0 radical (unpaired) electrons. The van der Waals surface area contributed by atoms with Crippen molar-refractivity contribution in [3.8, 4) is 5.75 Å². The molecule has 0 saturated carbocycles. The summed E-state index contributed by atoms with van der Waals surface area (Å²) in [5.41, 5.74) is 14.0. The second-order valence-electron chi connectivity index (χ2n) is 5.55. The summed E-state index contributed by atoms with van der Waals surface area (Å²) in [5.74, 6) is 1.26. The molecule has 1 unspecified atom stereocenters. The number of aromatic nitrogens is 2. The Morgan fingerprint density at radius 1 is 1.30 bits per heavy atom. The van der Waals surface area contributed by atoms with Gasteiger partial charge in [0, 0.05) is 5.56 Å². The summed E-state index contributed by atoms with van der Waals surface area (Å²) < 4.78 is 5.12.